The predicted molar refractivity (Wildman–Crippen MR) is 92.8 cm³/mol. The summed E-state index contributed by atoms with van der Waals surface area (Å²) in [4.78, 5) is 11.0. The zero-order valence-corrected chi connectivity index (χ0v) is 13.4. The molecule has 2 aromatic carbocycles. The molecular weight excluding hydrogens is 329 g/mol. The van der Waals surface area contributed by atoms with Crippen LogP contribution in [-0.4, -0.2) is 23.0 Å². The Hall–Kier alpha value is -2.67. The molecule has 0 saturated carbocycles. The first-order valence-electron chi connectivity index (χ1n) is 7.20. The van der Waals surface area contributed by atoms with E-state index < -0.39 is 0 Å². The molecule has 0 aliphatic carbocycles. The Labute approximate surface area is 142 Å². The fraction of sp³-hybridized carbons (Fsp3) is 0.118. The number of hydrogen-bond donors (Lipinski definition) is 1. The van der Waals surface area contributed by atoms with Crippen molar-refractivity contribution in [1.82, 2.24) is 5.32 Å². The molecule has 24 heavy (non-hydrogen) atoms. The highest BCUT2D eigenvalue weighted by Gasteiger charge is 2.15. The number of hydrogen-bond acceptors (Lipinski definition) is 5. The lowest BCUT2D eigenvalue weighted by atomic mass is 10.2. The van der Waals surface area contributed by atoms with Crippen LogP contribution in [0.3, 0.4) is 0 Å². The van der Waals surface area contributed by atoms with E-state index in [-0.39, 0.29) is 11.7 Å². The number of benzene rings is 2. The van der Waals surface area contributed by atoms with E-state index in [2.05, 4.69) is 15.5 Å². The molecule has 1 heterocycles. The van der Waals surface area contributed by atoms with Crippen molar-refractivity contribution in [1.29, 1.82) is 0 Å². The minimum atomic E-state index is -0.268. The van der Waals surface area contributed by atoms with Gasteiger partial charge in [-0.1, -0.05) is 36.0 Å². The Morgan fingerprint density at radius 1 is 1.25 bits per heavy atom. The quantitative estimate of drug-likeness (QED) is 0.671. The normalized spacial score (nSPS) is 15.9. The van der Waals surface area contributed by atoms with Crippen molar-refractivity contribution in [3.8, 4) is 5.75 Å². The minimum absolute atomic E-state index is 0.0647. The number of thioether (sulfide) groups is 1. The molecule has 122 valence electrons. The van der Waals surface area contributed by atoms with E-state index in [1.54, 1.807) is 18.3 Å². The van der Waals surface area contributed by atoms with Gasteiger partial charge in [-0.25, -0.2) is 4.39 Å². The summed E-state index contributed by atoms with van der Waals surface area (Å²) in [6, 6.07) is 13.6. The van der Waals surface area contributed by atoms with Crippen LogP contribution < -0.4 is 10.1 Å². The van der Waals surface area contributed by atoms with Crippen LogP contribution in [0.4, 0.5) is 4.39 Å². The topological polar surface area (TPSA) is 63.0 Å². The van der Waals surface area contributed by atoms with E-state index in [9.17, 15) is 9.18 Å². The summed E-state index contributed by atoms with van der Waals surface area (Å²) in [5, 5.41) is 11.0. The summed E-state index contributed by atoms with van der Waals surface area (Å²) in [5.41, 5.74) is 1.71. The van der Waals surface area contributed by atoms with Crippen molar-refractivity contribution in [3.05, 3.63) is 65.5 Å². The van der Waals surface area contributed by atoms with E-state index in [0.29, 0.717) is 23.3 Å². The molecule has 1 N–H and O–H groups in total. The van der Waals surface area contributed by atoms with Crippen molar-refractivity contribution in [2.45, 2.75) is 6.61 Å². The fourth-order valence-electron chi connectivity index (χ4n) is 1.96. The average molecular weight is 343 g/mol. The van der Waals surface area contributed by atoms with Crippen LogP contribution in [0.2, 0.25) is 0 Å². The number of halogens is 1. The molecule has 0 unspecified atom stereocenters. The van der Waals surface area contributed by atoms with Crippen molar-refractivity contribution >= 4 is 29.1 Å². The van der Waals surface area contributed by atoms with Gasteiger partial charge in [-0.05, 0) is 35.4 Å². The lowest BCUT2D eigenvalue weighted by Gasteiger charge is -2.06. The Morgan fingerprint density at radius 2 is 2.08 bits per heavy atom. The molecule has 0 atom stereocenters. The van der Waals surface area contributed by atoms with Crippen LogP contribution in [0.15, 0.2) is 58.7 Å². The van der Waals surface area contributed by atoms with Crippen LogP contribution in [0, 0.1) is 5.82 Å². The Balaban J connectivity index is 1.59. The molecule has 3 rings (SSSR count). The number of carbonyl (C=O) groups excluding carboxylic acids is 1. The summed E-state index contributed by atoms with van der Waals surface area (Å²) < 4.78 is 18.5. The van der Waals surface area contributed by atoms with E-state index in [1.165, 1.54) is 23.9 Å². The lowest BCUT2D eigenvalue weighted by Crippen LogP contribution is -2.19. The molecule has 2 aromatic rings. The zero-order chi connectivity index (χ0) is 16.8. The van der Waals surface area contributed by atoms with Crippen molar-refractivity contribution in [3.63, 3.8) is 0 Å². The summed E-state index contributed by atoms with van der Waals surface area (Å²) >= 11 is 1.32. The largest absolute Gasteiger partial charge is 0.489 e. The van der Waals surface area contributed by atoms with Crippen LogP contribution in [0.25, 0.3) is 0 Å². The first kappa shape index (κ1) is 16.2. The maximum absolute atomic E-state index is 12.9. The molecule has 7 heteroatoms. The van der Waals surface area contributed by atoms with E-state index >= 15 is 0 Å². The van der Waals surface area contributed by atoms with E-state index in [1.807, 2.05) is 24.3 Å². The monoisotopic (exact) mass is 343 g/mol. The van der Waals surface area contributed by atoms with Crippen LogP contribution >= 0.6 is 11.8 Å². The molecule has 0 bridgehead atoms. The second-order valence-electron chi connectivity index (χ2n) is 4.97. The third-order valence-corrected chi connectivity index (χ3v) is 3.98. The standard InChI is InChI=1S/C17H14FN3O2S/c18-14-6-4-12(5-7-14)10-23-15-3-1-2-13(8-15)9-19-21-17-20-16(22)11-24-17/h1-9H,10-11H2,(H,20,21,22)/b19-9-. The van der Waals surface area contributed by atoms with Crippen molar-refractivity contribution in [2.75, 3.05) is 5.75 Å². The summed E-state index contributed by atoms with van der Waals surface area (Å²) in [5.74, 6) is 0.723. The molecule has 1 amide bonds. The number of ether oxygens (including phenoxy) is 1. The number of rotatable bonds is 5. The van der Waals surface area contributed by atoms with Gasteiger partial charge in [0, 0.05) is 0 Å². The summed E-state index contributed by atoms with van der Waals surface area (Å²) in [6.45, 7) is 0.353. The Kier molecular flexibility index (Phi) is 5.22. The van der Waals surface area contributed by atoms with E-state index in [0.717, 1.165) is 11.1 Å². The van der Waals surface area contributed by atoms with Gasteiger partial charge in [-0.15, -0.1) is 5.10 Å². The first-order chi connectivity index (χ1) is 11.7. The molecular formula is C17H14FN3O2S. The third kappa shape index (κ3) is 4.66. The SMILES string of the molecule is O=C1CSC(=N/N=C\c2cccc(OCc3ccc(F)cc3)c2)N1. The number of carbonyl (C=O) groups is 1. The van der Waals surface area contributed by atoms with Gasteiger partial charge in [-0.3, -0.25) is 4.79 Å². The van der Waals surface area contributed by atoms with Crippen LogP contribution in [0.1, 0.15) is 11.1 Å². The second-order valence-corrected chi connectivity index (χ2v) is 5.94. The summed E-state index contributed by atoms with van der Waals surface area (Å²) in [7, 11) is 0. The average Bonchev–Trinajstić information content (AvgIpc) is 3.00. The maximum atomic E-state index is 12.9. The molecule has 0 radical (unpaired) electrons. The van der Waals surface area contributed by atoms with Gasteiger partial charge in [0.15, 0.2) is 5.17 Å². The lowest BCUT2D eigenvalue weighted by molar-refractivity contribution is -0.116. The maximum Gasteiger partial charge on any atom is 0.236 e. The summed E-state index contributed by atoms with van der Waals surface area (Å²) in [6.07, 6.45) is 1.59. The van der Waals surface area contributed by atoms with Gasteiger partial charge < -0.3 is 10.1 Å². The van der Waals surface area contributed by atoms with E-state index in [4.69, 9.17) is 4.74 Å². The number of nitrogens with zero attached hydrogens (tertiary/aromatic N) is 2. The molecule has 1 fully saturated rings. The van der Waals surface area contributed by atoms with Gasteiger partial charge in [0.1, 0.15) is 18.2 Å². The third-order valence-electron chi connectivity index (χ3n) is 3.12. The van der Waals surface area contributed by atoms with Crippen molar-refractivity contribution < 1.29 is 13.9 Å². The molecule has 1 aliphatic rings. The highest BCUT2D eigenvalue weighted by atomic mass is 32.2. The highest BCUT2D eigenvalue weighted by Crippen LogP contribution is 2.15. The molecule has 0 spiro atoms. The molecule has 1 saturated heterocycles. The van der Waals surface area contributed by atoms with Gasteiger partial charge >= 0.3 is 0 Å². The number of amides is 1. The van der Waals surface area contributed by atoms with Crippen LogP contribution in [0.5, 0.6) is 5.75 Å². The Morgan fingerprint density at radius 3 is 2.83 bits per heavy atom. The van der Waals surface area contributed by atoms with Gasteiger partial charge in [0.25, 0.3) is 0 Å². The highest BCUT2D eigenvalue weighted by molar-refractivity contribution is 8.15. The zero-order valence-electron chi connectivity index (χ0n) is 12.6. The second kappa shape index (κ2) is 7.74. The predicted octanol–water partition coefficient (Wildman–Crippen LogP) is 2.96. The molecule has 5 nitrogen and oxygen atoms in total. The minimum Gasteiger partial charge on any atom is -0.489 e. The van der Waals surface area contributed by atoms with Gasteiger partial charge in [0.2, 0.25) is 5.91 Å². The van der Waals surface area contributed by atoms with Gasteiger partial charge in [-0.2, -0.15) is 5.10 Å². The first-order valence-corrected chi connectivity index (χ1v) is 8.18. The Bertz CT molecular complexity index is 791. The van der Waals surface area contributed by atoms with Gasteiger partial charge in [0.05, 0.1) is 12.0 Å². The smallest absolute Gasteiger partial charge is 0.236 e. The number of nitrogens with one attached hydrogen (secondary N) is 1. The molecule has 1 aliphatic heterocycles. The van der Waals surface area contributed by atoms with Crippen LogP contribution in [-0.2, 0) is 11.4 Å². The fourth-order valence-corrected chi connectivity index (χ4v) is 2.59. The number of amidine groups is 1. The van der Waals surface area contributed by atoms with Crippen molar-refractivity contribution in [2.24, 2.45) is 10.2 Å². The molecule has 0 aromatic heterocycles.